The Balaban J connectivity index is 2.18. The molecule has 0 fully saturated rings. The van der Waals surface area contributed by atoms with Gasteiger partial charge in [0.2, 0.25) is 0 Å². The highest BCUT2D eigenvalue weighted by atomic mass is 16.5. The topological polar surface area (TPSA) is 39.4 Å². The van der Waals surface area contributed by atoms with Crippen molar-refractivity contribution in [3.05, 3.63) is 72.0 Å². The molecule has 3 heteroatoms. The highest BCUT2D eigenvalue weighted by Crippen LogP contribution is 2.37. The number of aryl methyl sites for hydroxylation is 1. The summed E-state index contributed by atoms with van der Waals surface area (Å²) >= 11 is 0. The third-order valence-electron chi connectivity index (χ3n) is 3.66. The van der Waals surface area contributed by atoms with Crippen molar-refractivity contribution in [1.29, 1.82) is 0 Å². The molecule has 3 rings (SSSR count). The fourth-order valence-corrected chi connectivity index (χ4v) is 2.53. The predicted octanol–water partition coefficient (Wildman–Crippen LogP) is 5.10. The lowest BCUT2D eigenvalue weighted by atomic mass is 9.97. The van der Waals surface area contributed by atoms with Crippen LogP contribution in [0.15, 0.2) is 65.3 Å². The van der Waals surface area contributed by atoms with Crippen LogP contribution in [0.2, 0.25) is 0 Å². The number of carbonyl (C=O) groups is 1. The van der Waals surface area contributed by atoms with Crippen LogP contribution in [-0.2, 0) is 4.74 Å². The molecule has 0 saturated carbocycles. The Labute approximate surface area is 135 Å². The Bertz CT molecular complexity index is 799. The van der Waals surface area contributed by atoms with Crippen molar-refractivity contribution in [1.82, 2.24) is 0 Å². The van der Waals surface area contributed by atoms with Gasteiger partial charge in [-0.05, 0) is 19.4 Å². The predicted molar refractivity (Wildman–Crippen MR) is 90.3 cm³/mol. The highest BCUT2D eigenvalue weighted by molar-refractivity contribution is 6.01. The van der Waals surface area contributed by atoms with Crippen molar-refractivity contribution >= 4 is 5.97 Å². The van der Waals surface area contributed by atoms with Gasteiger partial charge in [-0.1, -0.05) is 60.2 Å². The third kappa shape index (κ3) is 3.04. The maximum absolute atomic E-state index is 12.3. The number of benzene rings is 2. The zero-order valence-corrected chi connectivity index (χ0v) is 13.2. The second-order valence-corrected chi connectivity index (χ2v) is 5.31. The molecule has 1 aromatic heterocycles. The summed E-state index contributed by atoms with van der Waals surface area (Å²) < 4.78 is 10.9. The van der Waals surface area contributed by atoms with Crippen LogP contribution in [0.4, 0.5) is 0 Å². The van der Waals surface area contributed by atoms with Gasteiger partial charge in [0.1, 0.15) is 17.6 Å². The molecule has 0 amide bonds. The number of hydrogen-bond acceptors (Lipinski definition) is 3. The summed E-state index contributed by atoms with van der Waals surface area (Å²) in [6, 6.07) is 17.8. The zero-order chi connectivity index (χ0) is 16.2. The first-order valence-corrected chi connectivity index (χ1v) is 7.61. The lowest BCUT2D eigenvalue weighted by Crippen LogP contribution is -2.04. The number of furan rings is 1. The Kier molecular flexibility index (Phi) is 4.29. The normalized spacial score (nSPS) is 10.5. The molecule has 0 bridgehead atoms. The van der Waals surface area contributed by atoms with Gasteiger partial charge in [-0.2, -0.15) is 0 Å². The molecule has 0 spiro atoms. The average molecular weight is 306 g/mol. The van der Waals surface area contributed by atoms with Crippen molar-refractivity contribution in [2.45, 2.75) is 13.8 Å². The molecule has 0 atom stereocenters. The molecule has 0 radical (unpaired) electrons. The van der Waals surface area contributed by atoms with Gasteiger partial charge in [-0.15, -0.1) is 0 Å². The van der Waals surface area contributed by atoms with E-state index in [9.17, 15) is 4.79 Å². The van der Waals surface area contributed by atoms with Gasteiger partial charge in [-0.3, -0.25) is 0 Å². The van der Waals surface area contributed by atoms with E-state index < -0.39 is 0 Å². The van der Waals surface area contributed by atoms with Crippen molar-refractivity contribution < 1.29 is 13.9 Å². The van der Waals surface area contributed by atoms with E-state index in [1.165, 1.54) is 6.26 Å². The highest BCUT2D eigenvalue weighted by Gasteiger charge is 2.22. The standard InChI is InChI=1S/C20H18O3/c1-3-22-20(21)17-13-23-19(16-7-5-4-6-8-16)18(17)15-11-9-14(2)10-12-15/h4-13H,3H2,1-2H3. The smallest absolute Gasteiger partial charge is 0.342 e. The van der Waals surface area contributed by atoms with E-state index in [1.54, 1.807) is 6.92 Å². The molecule has 1 heterocycles. The Morgan fingerprint density at radius 2 is 1.70 bits per heavy atom. The Morgan fingerprint density at radius 1 is 1.00 bits per heavy atom. The molecule has 23 heavy (non-hydrogen) atoms. The van der Waals surface area contributed by atoms with Crippen LogP contribution in [0.3, 0.4) is 0 Å². The number of hydrogen-bond donors (Lipinski definition) is 0. The summed E-state index contributed by atoms with van der Waals surface area (Å²) in [7, 11) is 0. The van der Waals surface area contributed by atoms with Crippen LogP contribution >= 0.6 is 0 Å². The second-order valence-electron chi connectivity index (χ2n) is 5.31. The largest absolute Gasteiger partial charge is 0.463 e. The maximum Gasteiger partial charge on any atom is 0.342 e. The summed E-state index contributed by atoms with van der Waals surface area (Å²) in [5.74, 6) is 0.312. The Morgan fingerprint density at radius 3 is 2.35 bits per heavy atom. The summed E-state index contributed by atoms with van der Waals surface area (Å²) in [6.45, 7) is 4.16. The van der Waals surface area contributed by atoms with E-state index in [0.717, 1.165) is 22.3 Å². The summed E-state index contributed by atoms with van der Waals surface area (Å²) in [5, 5.41) is 0. The summed E-state index contributed by atoms with van der Waals surface area (Å²) in [6.07, 6.45) is 1.48. The minimum absolute atomic E-state index is 0.331. The van der Waals surface area contributed by atoms with E-state index in [0.29, 0.717) is 17.9 Å². The number of rotatable bonds is 4. The molecule has 0 saturated heterocycles. The second kappa shape index (κ2) is 6.53. The molecular weight excluding hydrogens is 288 g/mol. The van der Waals surface area contributed by atoms with Crippen LogP contribution < -0.4 is 0 Å². The van der Waals surface area contributed by atoms with Crippen molar-refractivity contribution in [3.8, 4) is 22.5 Å². The van der Waals surface area contributed by atoms with E-state index in [-0.39, 0.29) is 5.97 Å². The minimum atomic E-state index is -0.367. The number of carbonyl (C=O) groups excluding carboxylic acids is 1. The van der Waals surface area contributed by atoms with Crippen LogP contribution in [0.1, 0.15) is 22.8 Å². The first-order chi connectivity index (χ1) is 11.2. The van der Waals surface area contributed by atoms with Crippen molar-refractivity contribution in [2.75, 3.05) is 6.61 Å². The van der Waals surface area contributed by atoms with Crippen LogP contribution in [0, 0.1) is 6.92 Å². The van der Waals surface area contributed by atoms with Crippen LogP contribution in [0.5, 0.6) is 0 Å². The van der Waals surface area contributed by atoms with Crippen molar-refractivity contribution in [3.63, 3.8) is 0 Å². The molecule has 0 aliphatic rings. The minimum Gasteiger partial charge on any atom is -0.463 e. The molecular formula is C20H18O3. The van der Waals surface area contributed by atoms with Gasteiger partial charge < -0.3 is 9.15 Å². The number of ether oxygens (including phenoxy) is 1. The Hall–Kier alpha value is -2.81. The van der Waals surface area contributed by atoms with Gasteiger partial charge in [0.25, 0.3) is 0 Å². The molecule has 3 nitrogen and oxygen atoms in total. The fourth-order valence-electron chi connectivity index (χ4n) is 2.53. The molecule has 0 N–H and O–H groups in total. The monoisotopic (exact) mass is 306 g/mol. The fraction of sp³-hybridized carbons (Fsp3) is 0.150. The maximum atomic E-state index is 12.3. The van der Waals surface area contributed by atoms with E-state index in [4.69, 9.17) is 9.15 Å². The van der Waals surface area contributed by atoms with E-state index >= 15 is 0 Å². The van der Waals surface area contributed by atoms with Gasteiger partial charge >= 0.3 is 5.97 Å². The first-order valence-electron chi connectivity index (χ1n) is 7.61. The van der Waals surface area contributed by atoms with Crippen LogP contribution in [-0.4, -0.2) is 12.6 Å². The van der Waals surface area contributed by atoms with Crippen molar-refractivity contribution in [2.24, 2.45) is 0 Å². The molecule has 3 aromatic rings. The SMILES string of the molecule is CCOC(=O)c1coc(-c2ccccc2)c1-c1ccc(C)cc1. The molecule has 0 unspecified atom stereocenters. The van der Waals surface area contributed by atoms with E-state index in [2.05, 4.69) is 0 Å². The summed E-state index contributed by atoms with van der Waals surface area (Å²) in [4.78, 5) is 12.3. The number of esters is 1. The first kappa shape index (κ1) is 15.1. The zero-order valence-electron chi connectivity index (χ0n) is 13.2. The third-order valence-corrected chi connectivity index (χ3v) is 3.66. The molecule has 0 aliphatic carbocycles. The molecule has 0 aliphatic heterocycles. The molecule has 2 aromatic carbocycles. The van der Waals surface area contributed by atoms with Gasteiger partial charge in [0.15, 0.2) is 0 Å². The summed E-state index contributed by atoms with van der Waals surface area (Å²) in [5.41, 5.74) is 4.25. The molecule has 116 valence electrons. The van der Waals surface area contributed by atoms with Crippen LogP contribution in [0.25, 0.3) is 22.5 Å². The lowest BCUT2D eigenvalue weighted by Gasteiger charge is -2.07. The van der Waals surface area contributed by atoms with E-state index in [1.807, 2.05) is 61.5 Å². The van der Waals surface area contributed by atoms with Gasteiger partial charge in [-0.25, -0.2) is 4.79 Å². The lowest BCUT2D eigenvalue weighted by molar-refractivity contribution is 0.0526. The quantitative estimate of drug-likeness (QED) is 0.630. The van der Waals surface area contributed by atoms with Gasteiger partial charge in [0, 0.05) is 11.1 Å². The average Bonchev–Trinajstić information content (AvgIpc) is 3.01. The van der Waals surface area contributed by atoms with Gasteiger partial charge in [0.05, 0.1) is 6.61 Å².